The van der Waals surface area contributed by atoms with Crippen LogP contribution in [-0.4, -0.2) is 39.5 Å². The largest absolute Gasteiger partial charge is 0.326 e. The molecule has 1 aliphatic heterocycles. The molecule has 1 fully saturated rings. The lowest BCUT2D eigenvalue weighted by atomic mass is 9.90. The predicted octanol–water partition coefficient (Wildman–Crippen LogP) is 4.31. The Morgan fingerprint density at radius 1 is 1.37 bits per heavy atom. The van der Waals surface area contributed by atoms with Crippen LogP contribution in [0.2, 0.25) is 0 Å². The second kappa shape index (κ2) is 8.44. The molecule has 0 amide bonds. The standard InChI is InChI=1S/C22H28N4O/c1-5-23-21(16(2)3)19-12-8-13-20(25(19)4)22-24-17-10-6-7-11-18(17)26(22)14-9-15-27/h5-7,10-11,15,19-20H,1-2,8-9,12-14H2,3-4H3. The van der Waals surface area contributed by atoms with Crippen molar-refractivity contribution in [1.29, 1.82) is 0 Å². The maximum absolute atomic E-state index is 11.0. The summed E-state index contributed by atoms with van der Waals surface area (Å²) in [6.45, 7) is 10.5. The van der Waals surface area contributed by atoms with Crippen molar-refractivity contribution in [2.45, 2.75) is 51.2 Å². The van der Waals surface area contributed by atoms with E-state index in [4.69, 9.17) is 4.98 Å². The Morgan fingerprint density at radius 3 is 2.85 bits per heavy atom. The number of nitrogens with zero attached hydrogens (tertiary/aromatic N) is 4. The number of hydrogen-bond acceptors (Lipinski definition) is 4. The van der Waals surface area contributed by atoms with E-state index in [2.05, 4.69) is 40.7 Å². The van der Waals surface area contributed by atoms with Gasteiger partial charge in [0.05, 0.1) is 28.8 Å². The Labute approximate surface area is 161 Å². The molecule has 0 spiro atoms. The highest BCUT2D eigenvalue weighted by molar-refractivity contribution is 6.03. The van der Waals surface area contributed by atoms with E-state index < -0.39 is 0 Å². The minimum atomic E-state index is 0.178. The van der Waals surface area contributed by atoms with Crippen LogP contribution in [0, 0.1) is 0 Å². The number of hydrogen-bond donors (Lipinski definition) is 0. The van der Waals surface area contributed by atoms with Crippen molar-refractivity contribution < 1.29 is 4.79 Å². The Balaban J connectivity index is 2.02. The molecule has 142 valence electrons. The molecule has 1 saturated heterocycles. The van der Waals surface area contributed by atoms with E-state index >= 15 is 0 Å². The third kappa shape index (κ3) is 3.78. The fourth-order valence-electron chi connectivity index (χ4n) is 4.11. The van der Waals surface area contributed by atoms with Crippen LogP contribution in [-0.2, 0) is 11.3 Å². The summed E-state index contributed by atoms with van der Waals surface area (Å²) in [5.74, 6) is 1.03. The molecule has 0 bridgehead atoms. The summed E-state index contributed by atoms with van der Waals surface area (Å²) in [5.41, 5.74) is 4.04. The number of aliphatic imine (C=N–C) groups is 1. The van der Waals surface area contributed by atoms with Crippen LogP contribution in [0.25, 0.3) is 11.0 Å². The van der Waals surface area contributed by atoms with Crippen molar-refractivity contribution in [3.05, 3.63) is 55.0 Å². The van der Waals surface area contributed by atoms with Gasteiger partial charge in [0.1, 0.15) is 12.1 Å². The summed E-state index contributed by atoms with van der Waals surface area (Å²) in [5, 5.41) is 0. The molecule has 0 N–H and O–H groups in total. The summed E-state index contributed by atoms with van der Waals surface area (Å²) < 4.78 is 2.21. The summed E-state index contributed by atoms with van der Waals surface area (Å²) >= 11 is 0. The van der Waals surface area contributed by atoms with E-state index in [1.807, 2.05) is 25.1 Å². The molecule has 2 aromatic rings. The average molecular weight is 364 g/mol. The Hall–Kier alpha value is -2.53. The quantitative estimate of drug-likeness (QED) is 0.543. The molecule has 5 nitrogen and oxygen atoms in total. The molecule has 1 aromatic heterocycles. The first-order chi connectivity index (χ1) is 13.1. The molecule has 0 aliphatic carbocycles. The Kier molecular flexibility index (Phi) is 6.01. The van der Waals surface area contributed by atoms with Crippen LogP contribution in [0.1, 0.15) is 44.5 Å². The normalized spacial score (nSPS) is 21.3. The zero-order chi connectivity index (χ0) is 19.4. The Bertz CT molecular complexity index is 880. The van der Waals surface area contributed by atoms with Crippen LogP contribution in [0.4, 0.5) is 0 Å². The molecule has 2 unspecified atom stereocenters. The molecule has 1 aliphatic rings. The van der Waals surface area contributed by atoms with Crippen LogP contribution in [0.15, 0.2) is 54.2 Å². The number of para-hydroxylation sites is 2. The highest BCUT2D eigenvalue weighted by atomic mass is 16.1. The van der Waals surface area contributed by atoms with Crippen LogP contribution < -0.4 is 0 Å². The lowest BCUT2D eigenvalue weighted by molar-refractivity contribution is -0.108. The lowest BCUT2D eigenvalue weighted by Crippen LogP contribution is -2.45. The van der Waals surface area contributed by atoms with Crippen LogP contribution in [0.5, 0.6) is 0 Å². The number of rotatable bonds is 7. The zero-order valence-electron chi connectivity index (χ0n) is 16.3. The SMILES string of the molecule is C=CN=C(C(=C)C)C1CCCC(c2nc3ccccc3n2CCC=O)N1C. The van der Waals surface area contributed by atoms with Gasteiger partial charge in [-0.05, 0) is 50.9 Å². The third-order valence-electron chi connectivity index (χ3n) is 5.37. The van der Waals surface area contributed by atoms with E-state index in [-0.39, 0.29) is 12.1 Å². The summed E-state index contributed by atoms with van der Waals surface area (Å²) in [7, 11) is 2.14. The van der Waals surface area contributed by atoms with Gasteiger partial charge in [0.2, 0.25) is 0 Å². The topological polar surface area (TPSA) is 50.5 Å². The predicted molar refractivity (Wildman–Crippen MR) is 111 cm³/mol. The number of fused-ring (bicyclic) bond motifs is 1. The minimum absolute atomic E-state index is 0.178. The van der Waals surface area contributed by atoms with Gasteiger partial charge in [0, 0.05) is 19.2 Å². The lowest BCUT2D eigenvalue weighted by Gasteiger charge is -2.40. The van der Waals surface area contributed by atoms with Crippen molar-refractivity contribution >= 4 is 23.0 Å². The highest BCUT2D eigenvalue weighted by Crippen LogP contribution is 2.35. The van der Waals surface area contributed by atoms with Gasteiger partial charge in [-0.15, -0.1) is 0 Å². The first-order valence-electron chi connectivity index (χ1n) is 9.53. The number of piperidine rings is 1. The third-order valence-corrected chi connectivity index (χ3v) is 5.37. The molecular formula is C22H28N4O. The molecule has 27 heavy (non-hydrogen) atoms. The molecular weight excluding hydrogens is 336 g/mol. The number of likely N-dealkylation sites (tertiary alicyclic amines) is 1. The van der Waals surface area contributed by atoms with Gasteiger partial charge >= 0.3 is 0 Å². The maximum Gasteiger partial charge on any atom is 0.127 e. The van der Waals surface area contributed by atoms with Gasteiger partial charge in [0.25, 0.3) is 0 Å². The van der Waals surface area contributed by atoms with E-state index in [9.17, 15) is 4.79 Å². The number of aryl methyl sites for hydroxylation is 1. The number of imidazole rings is 1. The van der Waals surface area contributed by atoms with Crippen molar-refractivity contribution in [2.75, 3.05) is 7.05 Å². The number of benzene rings is 1. The number of carbonyl (C=O) groups excluding carboxylic acids is 1. The summed E-state index contributed by atoms with van der Waals surface area (Å²) in [6, 6.07) is 8.52. The van der Waals surface area contributed by atoms with Crippen molar-refractivity contribution in [2.24, 2.45) is 4.99 Å². The minimum Gasteiger partial charge on any atom is -0.326 e. The summed E-state index contributed by atoms with van der Waals surface area (Å²) in [6.07, 6.45) is 6.24. The first kappa shape index (κ1) is 19.2. The first-order valence-corrected chi connectivity index (χ1v) is 9.53. The smallest absolute Gasteiger partial charge is 0.127 e. The number of aldehydes is 1. The number of aromatic nitrogens is 2. The second-order valence-electron chi connectivity index (χ2n) is 7.17. The van der Waals surface area contributed by atoms with Gasteiger partial charge in [-0.3, -0.25) is 9.89 Å². The van der Waals surface area contributed by atoms with Crippen LogP contribution >= 0.6 is 0 Å². The molecule has 0 saturated carbocycles. The van der Waals surface area contributed by atoms with Gasteiger partial charge in [-0.1, -0.05) is 25.3 Å². The van der Waals surface area contributed by atoms with Gasteiger partial charge < -0.3 is 9.36 Å². The second-order valence-corrected chi connectivity index (χ2v) is 7.17. The van der Waals surface area contributed by atoms with Gasteiger partial charge in [0.15, 0.2) is 0 Å². The van der Waals surface area contributed by atoms with Gasteiger partial charge in [-0.2, -0.15) is 0 Å². The molecule has 2 atom stereocenters. The highest BCUT2D eigenvalue weighted by Gasteiger charge is 2.34. The van der Waals surface area contributed by atoms with Crippen molar-refractivity contribution in [1.82, 2.24) is 14.5 Å². The average Bonchev–Trinajstić information content (AvgIpc) is 3.03. The van der Waals surface area contributed by atoms with E-state index in [1.54, 1.807) is 6.20 Å². The van der Waals surface area contributed by atoms with E-state index in [1.165, 1.54) is 0 Å². The summed E-state index contributed by atoms with van der Waals surface area (Å²) in [4.78, 5) is 22.8. The van der Waals surface area contributed by atoms with Crippen molar-refractivity contribution in [3.63, 3.8) is 0 Å². The molecule has 2 heterocycles. The van der Waals surface area contributed by atoms with Gasteiger partial charge in [-0.25, -0.2) is 4.98 Å². The fraction of sp³-hybridized carbons (Fsp3) is 0.409. The van der Waals surface area contributed by atoms with E-state index in [0.29, 0.717) is 13.0 Å². The number of carbonyl (C=O) groups is 1. The Morgan fingerprint density at radius 2 is 2.15 bits per heavy atom. The monoisotopic (exact) mass is 364 g/mol. The van der Waals surface area contributed by atoms with Crippen LogP contribution in [0.3, 0.4) is 0 Å². The zero-order valence-corrected chi connectivity index (χ0v) is 16.3. The molecule has 1 aromatic carbocycles. The fourth-order valence-corrected chi connectivity index (χ4v) is 4.11. The van der Waals surface area contributed by atoms with Crippen molar-refractivity contribution in [3.8, 4) is 0 Å². The van der Waals surface area contributed by atoms with E-state index in [0.717, 1.165) is 53.7 Å². The molecule has 5 heteroatoms. The molecule has 3 rings (SSSR count). The maximum atomic E-state index is 11.0. The molecule has 0 radical (unpaired) electrons.